The minimum absolute atomic E-state index is 0.308. The van der Waals surface area contributed by atoms with Crippen LogP contribution in [0, 0.1) is 0 Å². The third-order valence-corrected chi connectivity index (χ3v) is 2.64. The van der Waals surface area contributed by atoms with Crippen molar-refractivity contribution in [3.8, 4) is 0 Å². The molecule has 19 heavy (non-hydrogen) atoms. The number of rotatable bonds is 5. The van der Waals surface area contributed by atoms with Crippen molar-refractivity contribution < 1.29 is 18.9 Å². The van der Waals surface area contributed by atoms with Crippen LogP contribution in [0.15, 0.2) is 54.9 Å². The van der Waals surface area contributed by atoms with E-state index in [-0.39, 0.29) is 5.97 Å². The first kappa shape index (κ1) is 13.0. The van der Waals surface area contributed by atoms with Crippen molar-refractivity contribution in [3.63, 3.8) is 0 Å². The van der Waals surface area contributed by atoms with Gasteiger partial charge < -0.3 is 4.74 Å². The topological polar surface area (TPSA) is 47.3 Å². The molecule has 2 rings (SSSR count). The molecule has 4 heteroatoms. The van der Waals surface area contributed by atoms with E-state index < -0.39 is 0 Å². The fourth-order valence-electron chi connectivity index (χ4n) is 1.61. The molecule has 4 nitrogen and oxygen atoms in total. The van der Waals surface area contributed by atoms with Crippen LogP contribution in [0.5, 0.6) is 0 Å². The van der Waals surface area contributed by atoms with E-state index in [1.807, 2.05) is 35.2 Å². The Bertz CT molecular complexity index is 549. The molecule has 0 atom stereocenters. The molecule has 0 radical (unpaired) electrons. The summed E-state index contributed by atoms with van der Waals surface area (Å²) in [6.45, 7) is 0.919. The first-order valence-electron chi connectivity index (χ1n) is 5.96. The minimum atomic E-state index is -0.381. The molecule has 0 N–H and O–H groups in total. The van der Waals surface area contributed by atoms with Crippen LogP contribution in [0.1, 0.15) is 20.7 Å². The molecule has 1 aromatic carbocycles. The molecule has 0 aliphatic carbocycles. The maximum Gasteiger partial charge on any atom is 0.338 e. The van der Waals surface area contributed by atoms with Crippen molar-refractivity contribution in [3.05, 3.63) is 66.0 Å². The van der Waals surface area contributed by atoms with Gasteiger partial charge in [0.25, 0.3) is 0 Å². The van der Waals surface area contributed by atoms with E-state index in [1.54, 1.807) is 24.3 Å². The summed E-state index contributed by atoms with van der Waals surface area (Å²) in [5, 5.41) is 0. The fraction of sp³-hybridized carbons (Fsp3) is 0.133. The Hall–Kier alpha value is -2.49. The summed E-state index contributed by atoms with van der Waals surface area (Å²) < 4.78 is 7.09. The van der Waals surface area contributed by atoms with Gasteiger partial charge in [0, 0.05) is 17.7 Å². The molecule has 0 bridgehead atoms. The smallest absolute Gasteiger partial charge is 0.338 e. The van der Waals surface area contributed by atoms with Crippen molar-refractivity contribution in [2.45, 2.75) is 6.54 Å². The van der Waals surface area contributed by atoms with Gasteiger partial charge in [-0.3, -0.25) is 4.79 Å². The molecule has 0 aliphatic heterocycles. The monoisotopic (exact) mass is 256 g/mol. The van der Waals surface area contributed by atoms with Gasteiger partial charge in [0.1, 0.15) is 6.29 Å². The molecule has 0 spiro atoms. The van der Waals surface area contributed by atoms with Crippen molar-refractivity contribution in [2.24, 2.45) is 0 Å². The van der Waals surface area contributed by atoms with E-state index in [0.717, 1.165) is 6.29 Å². The minimum Gasteiger partial charge on any atom is -0.455 e. The SMILES string of the molecule is O=Cc1ccc(C(=O)OCC[n+]2ccccc2)cc1. The first-order valence-corrected chi connectivity index (χ1v) is 5.96. The maximum atomic E-state index is 11.7. The first-order chi connectivity index (χ1) is 9.29. The van der Waals surface area contributed by atoms with Crippen LogP contribution in [0.2, 0.25) is 0 Å². The van der Waals surface area contributed by atoms with Gasteiger partial charge in [0.2, 0.25) is 0 Å². The Balaban J connectivity index is 1.85. The molecule has 2 aromatic rings. The highest BCUT2D eigenvalue weighted by Gasteiger charge is 2.08. The van der Waals surface area contributed by atoms with Gasteiger partial charge in [0.05, 0.1) is 5.56 Å². The summed E-state index contributed by atoms with van der Waals surface area (Å²) in [5.41, 5.74) is 0.986. The number of pyridine rings is 1. The van der Waals surface area contributed by atoms with Gasteiger partial charge in [-0.25, -0.2) is 9.36 Å². The zero-order valence-corrected chi connectivity index (χ0v) is 10.4. The molecule has 0 saturated carbocycles. The Kier molecular flexibility index (Phi) is 4.39. The largest absolute Gasteiger partial charge is 0.455 e. The molecule has 0 unspecified atom stereocenters. The summed E-state index contributed by atoms with van der Waals surface area (Å²) in [7, 11) is 0. The van der Waals surface area contributed by atoms with Gasteiger partial charge in [-0.05, 0) is 12.1 Å². The van der Waals surface area contributed by atoms with E-state index in [1.165, 1.54) is 0 Å². The molecule has 0 fully saturated rings. The van der Waals surface area contributed by atoms with Gasteiger partial charge in [-0.1, -0.05) is 18.2 Å². The molecule has 96 valence electrons. The number of carbonyl (C=O) groups is 2. The molecular weight excluding hydrogens is 242 g/mol. The highest BCUT2D eigenvalue weighted by molar-refractivity contribution is 5.90. The number of aldehydes is 1. The highest BCUT2D eigenvalue weighted by Crippen LogP contribution is 2.04. The molecule has 1 aromatic heterocycles. The van der Waals surface area contributed by atoms with Crippen molar-refractivity contribution in [1.82, 2.24) is 0 Å². The zero-order chi connectivity index (χ0) is 13.5. The Morgan fingerprint density at radius 2 is 1.79 bits per heavy atom. The van der Waals surface area contributed by atoms with Crippen LogP contribution in [0.3, 0.4) is 0 Å². The Morgan fingerprint density at radius 1 is 1.11 bits per heavy atom. The lowest BCUT2D eigenvalue weighted by Gasteiger charge is -2.03. The fourth-order valence-corrected chi connectivity index (χ4v) is 1.61. The molecule has 0 aliphatic rings. The van der Waals surface area contributed by atoms with Crippen LogP contribution in [0.25, 0.3) is 0 Å². The molecule has 0 saturated heterocycles. The third kappa shape index (κ3) is 3.74. The van der Waals surface area contributed by atoms with Gasteiger partial charge >= 0.3 is 5.97 Å². The molecule has 1 heterocycles. The summed E-state index contributed by atoms with van der Waals surface area (Å²) in [4.78, 5) is 22.2. The summed E-state index contributed by atoms with van der Waals surface area (Å²) in [6.07, 6.45) is 4.56. The lowest BCUT2D eigenvalue weighted by molar-refractivity contribution is -0.697. The van der Waals surface area contributed by atoms with Crippen molar-refractivity contribution >= 4 is 12.3 Å². The number of hydrogen-bond acceptors (Lipinski definition) is 3. The van der Waals surface area contributed by atoms with Crippen LogP contribution in [0.4, 0.5) is 0 Å². The maximum absolute atomic E-state index is 11.7. The predicted molar refractivity (Wildman–Crippen MR) is 68.7 cm³/mol. The van der Waals surface area contributed by atoms with Gasteiger partial charge in [-0.2, -0.15) is 0 Å². The normalized spacial score (nSPS) is 9.89. The average Bonchev–Trinajstić information content (AvgIpc) is 2.48. The van der Waals surface area contributed by atoms with E-state index in [2.05, 4.69) is 0 Å². The van der Waals surface area contributed by atoms with Crippen molar-refractivity contribution in [2.75, 3.05) is 6.61 Å². The Labute approximate surface area is 111 Å². The van der Waals surface area contributed by atoms with E-state index in [4.69, 9.17) is 4.74 Å². The van der Waals surface area contributed by atoms with Crippen LogP contribution in [-0.2, 0) is 11.3 Å². The average molecular weight is 256 g/mol. The number of carbonyl (C=O) groups excluding carboxylic acids is 2. The third-order valence-electron chi connectivity index (χ3n) is 2.64. The van der Waals surface area contributed by atoms with Crippen molar-refractivity contribution in [1.29, 1.82) is 0 Å². The molecular formula is C15H14NO3+. The van der Waals surface area contributed by atoms with Crippen LogP contribution < -0.4 is 4.57 Å². The number of esters is 1. The summed E-state index contributed by atoms with van der Waals surface area (Å²) in [5.74, 6) is -0.381. The lowest BCUT2D eigenvalue weighted by Crippen LogP contribution is -2.35. The Morgan fingerprint density at radius 3 is 2.42 bits per heavy atom. The van der Waals surface area contributed by atoms with E-state index in [0.29, 0.717) is 24.3 Å². The lowest BCUT2D eigenvalue weighted by atomic mass is 10.1. The second-order valence-corrected chi connectivity index (χ2v) is 3.99. The quantitative estimate of drug-likeness (QED) is 0.464. The predicted octanol–water partition coefficient (Wildman–Crippen LogP) is 1.64. The number of benzene rings is 1. The highest BCUT2D eigenvalue weighted by atomic mass is 16.5. The summed E-state index contributed by atoms with van der Waals surface area (Å²) in [6, 6.07) is 12.1. The van der Waals surface area contributed by atoms with Crippen LogP contribution >= 0.6 is 0 Å². The second-order valence-electron chi connectivity index (χ2n) is 3.99. The van der Waals surface area contributed by atoms with Gasteiger partial charge in [-0.15, -0.1) is 0 Å². The number of ether oxygens (including phenoxy) is 1. The number of aromatic nitrogens is 1. The zero-order valence-electron chi connectivity index (χ0n) is 10.4. The second kappa shape index (κ2) is 6.44. The van der Waals surface area contributed by atoms with Gasteiger partial charge in [0.15, 0.2) is 25.5 Å². The standard InChI is InChI=1S/C15H14NO3/c17-12-13-4-6-14(7-5-13)15(18)19-11-10-16-8-2-1-3-9-16/h1-9,12H,10-11H2/q+1. The van der Waals surface area contributed by atoms with E-state index in [9.17, 15) is 9.59 Å². The van der Waals surface area contributed by atoms with E-state index >= 15 is 0 Å². The van der Waals surface area contributed by atoms with Crippen LogP contribution in [-0.4, -0.2) is 18.9 Å². The number of nitrogens with zero attached hydrogens (tertiary/aromatic N) is 1. The summed E-state index contributed by atoms with van der Waals surface area (Å²) >= 11 is 0. The number of hydrogen-bond donors (Lipinski definition) is 0. The molecule has 0 amide bonds.